The molecule has 0 spiro atoms. The highest BCUT2D eigenvalue weighted by molar-refractivity contribution is 6.30. The predicted molar refractivity (Wildman–Crippen MR) is 67.9 cm³/mol. The zero-order chi connectivity index (χ0) is 13.8. The Kier molecular flexibility index (Phi) is 5.05. The number of hydrogen-bond acceptors (Lipinski definition) is 1. The maximum absolute atomic E-state index is 13.1. The van der Waals surface area contributed by atoms with Crippen LogP contribution in [0.25, 0.3) is 0 Å². The van der Waals surface area contributed by atoms with Gasteiger partial charge in [0.15, 0.2) is 0 Å². The summed E-state index contributed by atoms with van der Waals surface area (Å²) < 4.78 is 39.3. The van der Waals surface area contributed by atoms with Gasteiger partial charge in [0.1, 0.15) is 5.54 Å². The molecular weight excluding hydrogens is 263 g/mol. The molecule has 1 atom stereocenters. The lowest BCUT2D eigenvalue weighted by atomic mass is 9.92. The van der Waals surface area contributed by atoms with Crippen LogP contribution in [0.15, 0.2) is 24.3 Å². The van der Waals surface area contributed by atoms with E-state index in [1.54, 1.807) is 24.3 Å². The molecule has 0 amide bonds. The molecule has 0 aromatic heterocycles. The van der Waals surface area contributed by atoms with Crippen molar-refractivity contribution in [2.75, 3.05) is 6.54 Å². The van der Waals surface area contributed by atoms with Crippen LogP contribution < -0.4 is 5.32 Å². The van der Waals surface area contributed by atoms with Gasteiger partial charge >= 0.3 is 6.18 Å². The van der Waals surface area contributed by atoms with Crippen LogP contribution in [0.1, 0.15) is 25.8 Å². The van der Waals surface area contributed by atoms with E-state index < -0.39 is 11.7 Å². The molecule has 0 aliphatic carbocycles. The number of alkyl halides is 3. The van der Waals surface area contributed by atoms with Crippen LogP contribution in [0, 0.1) is 0 Å². The molecule has 0 saturated heterocycles. The molecule has 0 saturated carbocycles. The zero-order valence-corrected chi connectivity index (χ0v) is 11.2. The second-order valence-electron chi connectivity index (χ2n) is 4.56. The lowest BCUT2D eigenvalue weighted by Crippen LogP contribution is -2.56. The van der Waals surface area contributed by atoms with E-state index in [1.807, 2.05) is 6.92 Å². The lowest BCUT2D eigenvalue weighted by molar-refractivity contribution is -0.191. The average Bonchev–Trinajstić information content (AvgIpc) is 2.28. The Morgan fingerprint density at radius 1 is 1.17 bits per heavy atom. The van der Waals surface area contributed by atoms with Gasteiger partial charge in [-0.05, 0) is 44.0 Å². The van der Waals surface area contributed by atoms with Crippen molar-refractivity contribution in [3.63, 3.8) is 0 Å². The first-order valence-corrected chi connectivity index (χ1v) is 6.22. The van der Waals surface area contributed by atoms with Crippen LogP contribution in [-0.2, 0) is 6.42 Å². The second kappa shape index (κ2) is 5.93. The summed E-state index contributed by atoms with van der Waals surface area (Å²) in [6.45, 7) is 3.37. The molecule has 0 aliphatic rings. The van der Waals surface area contributed by atoms with Gasteiger partial charge in [0.05, 0.1) is 0 Å². The van der Waals surface area contributed by atoms with Gasteiger partial charge in [-0.15, -0.1) is 0 Å². The summed E-state index contributed by atoms with van der Waals surface area (Å²) >= 11 is 5.72. The van der Waals surface area contributed by atoms with Crippen molar-refractivity contribution in [1.29, 1.82) is 0 Å². The van der Waals surface area contributed by atoms with Gasteiger partial charge in [-0.2, -0.15) is 13.2 Å². The maximum Gasteiger partial charge on any atom is 0.406 e. The molecule has 18 heavy (non-hydrogen) atoms. The summed E-state index contributed by atoms with van der Waals surface area (Å²) in [6.07, 6.45) is -3.73. The van der Waals surface area contributed by atoms with Crippen molar-refractivity contribution >= 4 is 11.6 Å². The molecule has 102 valence electrons. The molecule has 1 aromatic carbocycles. The Balaban J connectivity index is 2.88. The van der Waals surface area contributed by atoms with E-state index in [-0.39, 0.29) is 6.42 Å². The fourth-order valence-electron chi connectivity index (χ4n) is 1.67. The fourth-order valence-corrected chi connectivity index (χ4v) is 1.80. The standard InChI is InChI=1S/C13H17ClF3N/c1-3-8-18-12(2,13(15,16)17)9-10-4-6-11(14)7-5-10/h4-7,18H,3,8-9H2,1-2H3. The van der Waals surface area contributed by atoms with E-state index in [1.165, 1.54) is 6.92 Å². The first-order valence-electron chi connectivity index (χ1n) is 5.85. The van der Waals surface area contributed by atoms with E-state index in [9.17, 15) is 13.2 Å². The van der Waals surface area contributed by atoms with Gasteiger partial charge in [0, 0.05) is 5.02 Å². The molecule has 0 bridgehead atoms. The van der Waals surface area contributed by atoms with Crippen LogP contribution in [0.2, 0.25) is 5.02 Å². The van der Waals surface area contributed by atoms with Crippen molar-refractivity contribution in [2.45, 2.75) is 38.4 Å². The maximum atomic E-state index is 13.1. The van der Waals surface area contributed by atoms with Gasteiger partial charge in [-0.3, -0.25) is 0 Å². The number of rotatable bonds is 5. The molecule has 0 radical (unpaired) electrons. The molecule has 5 heteroatoms. The molecule has 0 aliphatic heterocycles. The molecule has 0 fully saturated rings. The van der Waals surface area contributed by atoms with Crippen molar-refractivity contribution in [3.8, 4) is 0 Å². The van der Waals surface area contributed by atoms with Crippen LogP contribution in [0.5, 0.6) is 0 Å². The van der Waals surface area contributed by atoms with Gasteiger partial charge in [0.25, 0.3) is 0 Å². The molecular formula is C13H17ClF3N. The summed E-state index contributed by atoms with van der Waals surface area (Å²) in [6, 6.07) is 6.46. The molecule has 1 rings (SSSR count). The summed E-state index contributed by atoms with van der Waals surface area (Å²) in [7, 11) is 0. The molecule has 1 aromatic rings. The van der Waals surface area contributed by atoms with Crippen LogP contribution in [0.3, 0.4) is 0 Å². The number of hydrogen-bond donors (Lipinski definition) is 1. The van der Waals surface area contributed by atoms with Crippen LogP contribution >= 0.6 is 11.6 Å². The lowest BCUT2D eigenvalue weighted by Gasteiger charge is -2.33. The first-order chi connectivity index (χ1) is 8.28. The molecule has 1 unspecified atom stereocenters. The van der Waals surface area contributed by atoms with Gasteiger partial charge in [-0.1, -0.05) is 30.7 Å². The van der Waals surface area contributed by atoms with E-state index >= 15 is 0 Å². The normalized spacial score (nSPS) is 15.4. The van der Waals surface area contributed by atoms with E-state index in [4.69, 9.17) is 11.6 Å². The summed E-state index contributed by atoms with van der Waals surface area (Å²) in [4.78, 5) is 0. The largest absolute Gasteiger partial charge is 0.406 e. The third-order valence-corrected chi connectivity index (χ3v) is 3.11. The van der Waals surface area contributed by atoms with Crippen molar-refractivity contribution < 1.29 is 13.2 Å². The van der Waals surface area contributed by atoms with Crippen molar-refractivity contribution in [1.82, 2.24) is 5.32 Å². The monoisotopic (exact) mass is 279 g/mol. The van der Waals surface area contributed by atoms with Crippen molar-refractivity contribution in [3.05, 3.63) is 34.9 Å². The zero-order valence-electron chi connectivity index (χ0n) is 10.4. The Labute approximate surface area is 110 Å². The number of benzene rings is 1. The smallest absolute Gasteiger partial charge is 0.304 e. The minimum absolute atomic E-state index is 0.104. The quantitative estimate of drug-likeness (QED) is 0.852. The minimum Gasteiger partial charge on any atom is -0.304 e. The minimum atomic E-state index is -4.29. The summed E-state index contributed by atoms with van der Waals surface area (Å²) in [5, 5.41) is 3.11. The third-order valence-electron chi connectivity index (χ3n) is 2.86. The van der Waals surface area contributed by atoms with E-state index in [2.05, 4.69) is 5.32 Å². The third kappa shape index (κ3) is 3.89. The van der Waals surface area contributed by atoms with Gasteiger partial charge in [-0.25, -0.2) is 0 Å². The first kappa shape index (κ1) is 15.3. The summed E-state index contributed by atoms with van der Waals surface area (Å²) in [5.74, 6) is 0. The van der Waals surface area contributed by atoms with E-state index in [0.717, 1.165) is 0 Å². The van der Waals surface area contributed by atoms with Gasteiger partial charge < -0.3 is 5.32 Å². The van der Waals surface area contributed by atoms with Crippen LogP contribution in [0.4, 0.5) is 13.2 Å². The number of halogens is 4. The molecule has 1 nitrogen and oxygen atoms in total. The Bertz CT molecular complexity index is 375. The molecule has 1 N–H and O–H groups in total. The van der Waals surface area contributed by atoms with Gasteiger partial charge in [0.2, 0.25) is 0 Å². The Morgan fingerprint density at radius 2 is 1.72 bits per heavy atom. The predicted octanol–water partition coefficient (Wildman–Crippen LogP) is 4.20. The highest BCUT2D eigenvalue weighted by atomic mass is 35.5. The van der Waals surface area contributed by atoms with E-state index in [0.29, 0.717) is 23.6 Å². The Hall–Kier alpha value is -0.740. The Morgan fingerprint density at radius 3 is 2.17 bits per heavy atom. The highest BCUT2D eigenvalue weighted by Gasteiger charge is 2.50. The average molecular weight is 280 g/mol. The van der Waals surface area contributed by atoms with Crippen molar-refractivity contribution in [2.24, 2.45) is 0 Å². The highest BCUT2D eigenvalue weighted by Crippen LogP contribution is 2.33. The topological polar surface area (TPSA) is 12.0 Å². The van der Waals surface area contributed by atoms with Crippen LogP contribution in [-0.4, -0.2) is 18.3 Å². The fraction of sp³-hybridized carbons (Fsp3) is 0.538. The number of nitrogens with one attached hydrogen (secondary N) is 1. The SMILES string of the molecule is CCCNC(C)(Cc1ccc(Cl)cc1)C(F)(F)F. The molecule has 0 heterocycles. The summed E-state index contributed by atoms with van der Waals surface area (Å²) in [5.41, 5.74) is -1.29. The second-order valence-corrected chi connectivity index (χ2v) is 5.00.